The van der Waals surface area contributed by atoms with Gasteiger partial charge < -0.3 is 9.80 Å². The Labute approximate surface area is 168 Å². The van der Waals surface area contributed by atoms with Crippen LogP contribution in [0.25, 0.3) is 0 Å². The minimum Gasteiger partial charge on any atom is -0.303 e. The molecular formula is C24H45N3. The normalized spacial score (nSPS) is 34.9. The number of piperidine rings is 1. The van der Waals surface area contributed by atoms with Gasteiger partial charge in [0.25, 0.3) is 0 Å². The fourth-order valence-corrected chi connectivity index (χ4v) is 7.11. The van der Waals surface area contributed by atoms with Gasteiger partial charge in [-0.3, -0.25) is 4.90 Å². The number of hydrogen-bond donors (Lipinski definition) is 0. The third-order valence-electron chi connectivity index (χ3n) is 8.47. The highest BCUT2D eigenvalue weighted by Gasteiger charge is 2.49. The number of likely N-dealkylation sites (tertiary alicyclic amines) is 1. The van der Waals surface area contributed by atoms with Gasteiger partial charge in [-0.15, -0.1) is 0 Å². The van der Waals surface area contributed by atoms with E-state index in [0.717, 1.165) is 29.3 Å². The molecule has 4 aliphatic rings. The standard InChI is InChI=1S/C24H45N3/c1-19(2)12-24(6-7-24)18-26-10-8-23(9-11-26)13-22(14-23)17-27-20(3)15-25(5)16-21(27)4/h19-22H,6-18H2,1-5H3/t20-,21-/m1/s1. The summed E-state index contributed by atoms with van der Waals surface area (Å²) in [5.41, 5.74) is 1.45. The molecule has 4 fully saturated rings. The van der Waals surface area contributed by atoms with Crippen molar-refractivity contribution in [3.05, 3.63) is 0 Å². The fourth-order valence-electron chi connectivity index (χ4n) is 7.11. The molecule has 2 saturated carbocycles. The Bertz CT molecular complexity index is 484. The molecule has 0 N–H and O–H groups in total. The zero-order chi connectivity index (χ0) is 19.2. The molecule has 3 nitrogen and oxygen atoms in total. The molecule has 27 heavy (non-hydrogen) atoms. The van der Waals surface area contributed by atoms with Crippen molar-refractivity contribution in [2.75, 3.05) is 46.3 Å². The van der Waals surface area contributed by atoms with Crippen molar-refractivity contribution >= 4 is 0 Å². The van der Waals surface area contributed by atoms with Crippen LogP contribution in [0.1, 0.15) is 72.6 Å². The molecule has 156 valence electrons. The first-order valence-electron chi connectivity index (χ1n) is 11.9. The predicted octanol–water partition coefficient (Wildman–Crippen LogP) is 4.33. The first-order valence-corrected chi connectivity index (χ1v) is 11.9. The molecule has 0 bridgehead atoms. The lowest BCUT2D eigenvalue weighted by molar-refractivity contribution is -0.0497. The van der Waals surface area contributed by atoms with E-state index in [1.807, 2.05) is 0 Å². The van der Waals surface area contributed by atoms with Gasteiger partial charge in [0.1, 0.15) is 0 Å². The summed E-state index contributed by atoms with van der Waals surface area (Å²) in [7, 11) is 2.28. The van der Waals surface area contributed by atoms with Crippen LogP contribution in [-0.2, 0) is 0 Å². The minimum absolute atomic E-state index is 0.717. The second-order valence-corrected chi connectivity index (χ2v) is 11.8. The van der Waals surface area contributed by atoms with Crippen molar-refractivity contribution in [3.63, 3.8) is 0 Å². The fraction of sp³-hybridized carbons (Fsp3) is 1.00. The van der Waals surface area contributed by atoms with Crippen molar-refractivity contribution in [1.29, 1.82) is 0 Å². The highest BCUT2D eigenvalue weighted by Crippen LogP contribution is 2.55. The average Bonchev–Trinajstić information content (AvgIpc) is 3.28. The smallest absolute Gasteiger partial charge is 0.0198 e. The molecule has 2 aliphatic carbocycles. The number of rotatable bonds is 6. The van der Waals surface area contributed by atoms with Gasteiger partial charge in [0, 0.05) is 38.3 Å². The van der Waals surface area contributed by atoms with E-state index in [4.69, 9.17) is 0 Å². The molecule has 0 aromatic carbocycles. The second-order valence-electron chi connectivity index (χ2n) is 11.8. The van der Waals surface area contributed by atoms with Crippen molar-refractivity contribution in [1.82, 2.24) is 14.7 Å². The first kappa shape index (κ1) is 20.2. The number of nitrogens with zero attached hydrogens (tertiary/aromatic N) is 3. The molecular weight excluding hydrogens is 330 g/mol. The maximum atomic E-state index is 2.83. The van der Waals surface area contributed by atoms with Gasteiger partial charge >= 0.3 is 0 Å². The summed E-state index contributed by atoms with van der Waals surface area (Å²) in [5.74, 6) is 1.84. The molecule has 0 radical (unpaired) electrons. The zero-order valence-electron chi connectivity index (χ0n) is 18.8. The van der Waals surface area contributed by atoms with E-state index < -0.39 is 0 Å². The topological polar surface area (TPSA) is 9.72 Å². The van der Waals surface area contributed by atoms with Crippen molar-refractivity contribution in [2.45, 2.75) is 84.7 Å². The summed E-state index contributed by atoms with van der Waals surface area (Å²) in [4.78, 5) is 8.16. The van der Waals surface area contributed by atoms with E-state index in [1.54, 1.807) is 0 Å². The van der Waals surface area contributed by atoms with Gasteiger partial charge in [0.15, 0.2) is 0 Å². The average molecular weight is 376 g/mol. The van der Waals surface area contributed by atoms with E-state index in [-0.39, 0.29) is 0 Å². The minimum atomic E-state index is 0.717. The second kappa shape index (κ2) is 7.61. The van der Waals surface area contributed by atoms with Gasteiger partial charge in [-0.1, -0.05) is 13.8 Å². The lowest BCUT2D eigenvalue weighted by Gasteiger charge is -2.55. The van der Waals surface area contributed by atoms with Gasteiger partial charge in [0.2, 0.25) is 0 Å². The number of likely N-dealkylation sites (N-methyl/N-ethyl adjacent to an activating group) is 1. The van der Waals surface area contributed by atoms with Crippen LogP contribution in [0.15, 0.2) is 0 Å². The maximum absolute atomic E-state index is 2.83. The summed E-state index contributed by atoms with van der Waals surface area (Å²) < 4.78 is 0. The third-order valence-corrected chi connectivity index (χ3v) is 8.47. The molecule has 2 atom stereocenters. The quantitative estimate of drug-likeness (QED) is 0.684. The zero-order valence-corrected chi connectivity index (χ0v) is 18.8. The summed E-state index contributed by atoms with van der Waals surface area (Å²) in [6.45, 7) is 17.7. The summed E-state index contributed by atoms with van der Waals surface area (Å²) in [6.07, 6.45) is 10.4. The number of hydrogen-bond acceptors (Lipinski definition) is 3. The maximum Gasteiger partial charge on any atom is 0.0198 e. The van der Waals surface area contributed by atoms with E-state index in [9.17, 15) is 0 Å². The summed E-state index contributed by atoms with van der Waals surface area (Å²) in [5, 5.41) is 0. The summed E-state index contributed by atoms with van der Waals surface area (Å²) >= 11 is 0. The Balaban J connectivity index is 1.20. The van der Waals surface area contributed by atoms with Crippen LogP contribution in [0.5, 0.6) is 0 Å². The molecule has 2 heterocycles. The van der Waals surface area contributed by atoms with E-state index >= 15 is 0 Å². The van der Waals surface area contributed by atoms with Crippen molar-refractivity contribution in [3.8, 4) is 0 Å². The third kappa shape index (κ3) is 4.56. The molecule has 0 amide bonds. The monoisotopic (exact) mass is 375 g/mol. The Morgan fingerprint density at radius 1 is 0.926 bits per heavy atom. The Kier molecular flexibility index (Phi) is 5.68. The largest absolute Gasteiger partial charge is 0.303 e. The van der Waals surface area contributed by atoms with Crippen LogP contribution in [0.4, 0.5) is 0 Å². The van der Waals surface area contributed by atoms with Gasteiger partial charge in [-0.05, 0) is 102 Å². The predicted molar refractivity (Wildman–Crippen MR) is 115 cm³/mol. The highest BCUT2D eigenvalue weighted by molar-refractivity contribution is 5.01. The first-order chi connectivity index (χ1) is 12.8. The molecule has 0 aromatic heterocycles. The SMILES string of the molecule is CC(C)CC1(CN2CCC3(CC2)CC(CN2[C@H](C)CN(C)C[C@H]2C)C3)CC1. The Morgan fingerprint density at radius 3 is 2.04 bits per heavy atom. The lowest BCUT2D eigenvalue weighted by atomic mass is 9.57. The molecule has 2 saturated heterocycles. The van der Waals surface area contributed by atoms with Crippen LogP contribution in [-0.4, -0.2) is 73.1 Å². The van der Waals surface area contributed by atoms with E-state index in [1.165, 1.54) is 84.2 Å². The van der Waals surface area contributed by atoms with Crippen LogP contribution in [0, 0.1) is 22.7 Å². The molecule has 0 aromatic rings. The van der Waals surface area contributed by atoms with E-state index in [0.29, 0.717) is 5.41 Å². The van der Waals surface area contributed by atoms with Gasteiger partial charge in [0.05, 0.1) is 0 Å². The molecule has 4 rings (SSSR count). The van der Waals surface area contributed by atoms with Gasteiger partial charge in [-0.25, -0.2) is 0 Å². The van der Waals surface area contributed by atoms with Gasteiger partial charge in [-0.2, -0.15) is 0 Å². The molecule has 2 aliphatic heterocycles. The van der Waals surface area contributed by atoms with Crippen LogP contribution in [0.2, 0.25) is 0 Å². The molecule has 0 unspecified atom stereocenters. The Hall–Kier alpha value is -0.120. The van der Waals surface area contributed by atoms with Crippen molar-refractivity contribution in [2.24, 2.45) is 22.7 Å². The van der Waals surface area contributed by atoms with Crippen LogP contribution in [0.3, 0.4) is 0 Å². The Morgan fingerprint density at radius 2 is 1.52 bits per heavy atom. The van der Waals surface area contributed by atoms with E-state index in [2.05, 4.69) is 49.4 Å². The van der Waals surface area contributed by atoms with Crippen LogP contribution >= 0.6 is 0 Å². The molecule has 1 spiro atoms. The molecule has 3 heteroatoms. The summed E-state index contributed by atoms with van der Waals surface area (Å²) in [6, 6.07) is 1.46. The van der Waals surface area contributed by atoms with Crippen LogP contribution < -0.4 is 0 Å². The lowest BCUT2D eigenvalue weighted by Crippen LogP contribution is -2.58. The highest BCUT2D eigenvalue weighted by atomic mass is 15.3. The van der Waals surface area contributed by atoms with Crippen molar-refractivity contribution < 1.29 is 0 Å². The number of piperazine rings is 1.